The zero-order valence-electron chi connectivity index (χ0n) is 19.4. The molecule has 32 heavy (non-hydrogen) atoms. The van der Waals surface area contributed by atoms with E-state index in [2.05, 4.69) is 45.5 Å². The normalized spacial score (nSPS) is 19.2. The first-order chi connectivity index (χ1) is 15.6. The number of piperidine rings is 2. The van der Waals surface area contributed by atoms with Crippen molar-refractivity contribution in [1.29, 1.82) is 0 Å². The molecule has 2 heterocycles. The van der Waals surface area contributed by atoms with Crippen molar-refractivity contribution in [3.05, 3.63) is 35.9 Å². The molecule has 3 N–H and O–H groups in total. The Balaban J connectivity index is 1.22. The third-order valence-electron chi connectivity index (χ3n) is 6.09. The molecule has 1 aromatic rings. The topological polar surface area (TPSA) is 92.4 Å². The summed E-state index contributed by atoms with van der Waals surface area (Å²) in [5.74, 6) is 0.480. The fourth-order valence-corrected chi connectivity index (χ4v) is 4.27. The van der Waals surface area contributed by atoms with E-state index in [0.29, 0.717) is 38.3 Å². The number of nitrogens with zero attached hydrogens (tertiary/aromatic N) is 3. The predicted molar refractivity (Wildman–Crippen MR) is 127 cm³/mol. The summed E-state index contributed by atoms with van der Waals surface area (Å²) in [6, 6.07) is 10.9. The quantitative estimate of drug-likeness (QED) is 0.345. The van der Waals surface area contributed by atoms with E-state index in [1.54, 1.807) is 4.90 Å². The summed E-state index contributed by atoms with van der Waals surface area (Å²) in [7, 11) is 0. The van der Waals surface area contributed by atoms with Gasteiger partial charge < -0.3 is 25.4 Å². The van der Waals surface area contributed by atoms with Crippen LogP contribution < -0.4 is 11.1 Å². The van der Waals surface area contributed by atoms with Gasteiger partial charge in [0.25, 0.3) is 0 Å². The number of ether oxygens (including phenoxy) is 2. The van der Waals surface area contributed by atoms with E-state index in [1.165, 1.54) is 5.56 Å². The lowest BCUT2D eigenvalue weighted by Crippen LogP contribution is -2.48. The van der Waals surface area contributed by atoms with Gasteiger partial charge >= 0.3 is 6.09 Å². The molecule has 0 atom stereocenters. The Kier molecular flexibility index (Phi) is 10.1. The molecule has 178 valence electrons. The molecule has 3 rings (SSSR count). The molecule has 8 nitrogen and oxygen atoms in total. The molecule has 0 aromatic heterocycles. The molecule has 0 bridgehead atoms. The van der Waals surface area contributed by atoms with Crippen molar-refractivity contribution >= 4 is 12.1 Å². The molecule has 0 aliphatic carbocycles. The van der Waals surface area contributed by atoms with Crippen LogP contribution in [0.2, 0.25) is 0 Å². The Morgan fingerprint density at radius 2 is 1.84 bits per heavy atom. The van der Waals surface area contributed by atoms with Gasteiger partial charge in [0.15, 0.2) is 5.96 Å². The van der Waals surface area contributed by atoms with Gasteiger partial charge in [-0.05, 0) is 44.6 Å². The molecule has 0 unspecified atom stereocenters. The van der Waals surface area contributed by atoms with Crippen molar-refractivity contribution in [2.75, 3.05) is 45.9 Å². The Bertz CT molecular complexity index is 699. The molecule has 1 amide bonds. The zero-order valence-corrected chi connectivity index (χ0v) is 19.4. The van der Waals surface area contributed by atoms with Gasteiger partial charge in [0.2, 0.25) is 0 Å². The number of nitrogens with one attached hydrogen (secondary N) is 1. The van der Waals surface area contributed by atoms with Crippen LogP contribution in [-0.2, 0) is 16.0 Å². The first-order valence-corrected chi connectivity index (χ1v) is 12.0. The standard InChI is InChI=1S/C24H39N5O3/c1-2-31-24(30)29-16-9-21(10-17-29)27-23(25)26-13-6-18-32-22-11-14-28(15-12-22)19-20-7-4-3-5-8-20/h3-5,7-8,21-22H,2,6,9-19H2,1H3,(H3,25,26,27). The minimum atomic E-state index is -0.227. The molecule has 2 aliphatic heterocycles. The molecule has 1 aromatic carbocycles. The number of carbonyl (C=O) groups excluding carboxylic acids is 1. The lowest BCUT2D eigenvalue weighted by molar-refractivity contribution is 0.00566. The number of rotatable bonds is 9. The van der Waals surface area contributed by atoms with E-state index < -0.39 is 0 Å². The van der Waals surface area contributed by atoms with Gasteiger partial charge in [0.05, 0.1) is 12.7 Å². The molecule has 2 aliphatic rings. The Hall–Kier alpha value is -2.32. The highest BCUT2D eigenvalue weighted by atomic mass is 16.6. The monoisotopic (exact) mass is 445 g/mol. The van der Waals surface area contributed by atoms with Crippen LogP contribution in [-0.4, -0.2) is 79.9 Å². The number of amides is 1. The van der Waals surface area contributed by atoms with Crippen LogP contribution in [0.4, 0.5) is 4.79 Å². The number of hydrogen-bond donors (Lipinski definition) is 2. The second-order valence-corrected chi connectivity index (χ2v) is 8.56. The first-order valence-electron chi connectivity index (χ1n) is 12.0. The van der Waals surface area contributed by atoms with Crippen LogP contribution in [0.15, 0.2) is 35.3 Å². The van der Waals surface area contributed by atoms with Gasteiger partial charge in [-0.1, -0.05) is 30.3 Å². The van der Waals surface area contributed by atoms with E-state index >= 15 is 0 Å². The molecule has 8 heteroatoms. The molecular formula is C24H39N5O3. The molecule has 0 saturated carbocycles. The Morgan fingerprint density at radius 3 is 2.53 bits per heavy atom. The number of likely N-dealkylation sites (tertiary alicyclic amines) is 2. The van der Waals surface area contributed by atoms with E-state index in [9.17, 15) is 4.79 Å². The number of carbonyl (C=O) groups is 1. The Morgan fingerprint density at radius 1 is 1.12 bits per heavy atom. The minimum Gasteiger partial charge on any atom is -0.450 e. The average molecular weight is 446 g/mol. The smallest absolute Gasteiger partial charge is 0.409 e. The average Bonchev–Trinajstić information content (AvgIpc) is 2.81. The number of aliphatic imine (C=N–C) groups is 1. The summed E-state index contributed by atoms with van der Waals surface area (Å²) in [4.78, 5) is 20.4. The third-order valence-corrected chi connectivity index (χ3v) is 6.09. The summed E-state index contributed by atoms with van der Waals surface area (Å²) >= 11 is 0. The number of guanidine groups is 1. The summed E-state index contributed by atoms with van der Waals surface area (Å²) in [5, 5.41) is 3.28. The van der Waals surface area contributed by atoms with Gasteiger partial charge in [-0.2, -0.15) is 0 Å². The van der Waals surface area contributed by atoms with E-state index in [0.717, 1.165) is 58.3 Å². The van der Waals surface area contributed by atoms with E-state index in [1.807, 2.05) is 6.92 Å². The van der Waals surface area contributed by atoms with Crippen LogP contribution in [0.25, 0.3) is 0 Å². The van der Waals surface area contributed by atoms with Crippen molar-refractivity contribution in [2.45, 2.75) is 57.7 Å². The van der Waals surface area contributed by atoms with Gasteiger partial charge in [-0.15, -0.1) is 0 Å². The maximum absolute atomic E-state index is 11.8. The molecule has 0 spiro atoms. The van der Waals surface area contributed by atoms with Gasteiger partial charge in [0.1, 0.15) is 0 Å². The van der Waals surface area contributed by atoms with Crippen LogP contribution in [0.5, 0.6) is 0 Å². The van der Waals surface area contributed by atoms with E-state index in [-0.39, 0.29) is 12.1 Å². The predicted octanol–water partition coefficient (Wildman–Crippen LogP) is 2.58. The highest BCUT2D eigenvalue weighted by Crippen LogP contribution is 2.16. The van der Waals surface area contributed by atoms with E-state index in [4.69, 9.17) is 15.2 Å². The van der Waals surface area contributed by atoms with Gasteiger partial charge in [-0.25, -0.2) is 4.79 Å². The molecule has 0 radical (unpaired) electrons. The third kappa shape index (κ3) is 8.31. The zero-order chi connectivity index (χ0) is 22.6. The van der Waals surface area contributed by atoms with Crippen molar-refractivity contribution in [3.63, 3.8) is 0 Å². The second-order valence-electron chi connectivity index (χ2n) is 8.56. The number of hydrogen-bond acceptors (Lipinski definition) is 5. The molecule has 2 saturated heterocycles. The summed E-state index contributed by atoms with van der Waals surface area (Å²) < 4.78 is 11.1. The molecular weight excluding hydrogens is 406 g/mol. The van der Waals surface area contributed by atoms with Crippen molar-refractivity contribution in [3.8, 4) is 0 Å². The largest absolute Gasteiger partial charge is 0.450 e. The highest BCUT2D eigenvalue weighted by molar-refractivity contribution is 5.78. The van der Waals surface area contributed by atoms with Crippen molar-refractivity contribution < 1.29 is 14.3 Å². The van der Waals surface area contributed by atoms with Gasteiger partial charge in [0, 0.05) is 51.9 Å². The lowest BCUT2D eigenvalue weighted by atomic mass is 10.1. The van der Waals surface area contributed by atoms with Crippen molar-refractivity contribution in [1.82, 2.24) is 15.1 Å². The maximum atomic E-state index is 11.8. The number of benzene rings is 1. The summed E-state index contributed by atoms with van der Waals surface area (Å²) in [5.41, 5.74) is 7.41. The summed E-state index contributed by atoms with van der Waals surface area (Å²) in [6.07, 6.45) is 4.87. The maximum Gasteiger partial charge on any atom is 0.409 e. The fourth-order valence-electron chi connectivity index (χ4n) is 4.27. The van der Waals surface area contributed by atoms with Crippen molar-refractivity contribution in [2.24, 2.45) is 10.7 Å². The minimum absolute atomic E-state index is 0.227. The number of nitrogens with two attached hydrogens (primary N) is 1. The van der Waals surface area contributed by atoms with Crippen LogP contribution in [0, 0.1) is 0 Å². The lowest BCUT2D eigenvalue weighted by Gasteiger charge is -2.32. The second kappa shape index (κ2) is 13.3. The fraction of sp³-hybridized carbons (Fsp3) is 0.667. The highest BCUT2D eigenvalue weighted by Gasteiger charge is 2.23. The van der Waals surface area contributed by atoms with Crippen LogP contribution >= 0.6 is 0 Å². The summed E-state index contributed by atoms with van der Waals surface area (Å²) in [6.45, 7) is 8.18. The van der Waals surface area contributed by atoms with Gasteiger partial charge in [-0.3, -0.25) is 9.89 Å². The first kappa shape index (κ1) is 24.3. The van der Waals surface area contributed by atoms with Crippen LogP contribution in [0.1, 0.15) is 44.6 Å². The molecule has 2 fully saturated rings. The Labute approximate surface area is 192 Å². The van der Waals surface area contributed by atoms with Crippen LogP contribution in [0.3, 0.4) is 0 Å². The SMILES string of the molecule is CCOC(=O)N1CCC(NC(N)=NCCCOC2CCN(Cc3ccccc3)CC2)CC1.